The number of aryl methyl sites for hydroxylation is 1. The SMILES string of the molecule is Cc1nc(-c2ccc(F)cc2)sc1CCNS(=O)(=O)c1ccc2c(c1)OCCO2. The Balaban J connectivity index is 1.42. The zero-order valence-corrected chi connectivity index (χ0v) is 17.3. The molecule has 4 rings (SSSR count). The summed E-state index contributed by atoms with van der Waals surface area (Å²) in [5.41, 5.74) is 1.68. The molecule has 1 aromatic heterocycles. The summed E-state index contributed by atoms with van der Waals surface area (Å²) in [6, 6.07) is 10.7. The van der Waals surface area contributed by atoms with Gasteiger partial charge in [-0.15, -0.1) is 11.3 Å². The predicted octanol–water partition coefficient (Wildman–Crippen LogP) is 3.55. The number of halogens is 1. The van der Waals surface area contributed by atoms with E-state index in [1.807, 2.05) is 6.92 Å². The van der Waals surface area contributed by atoms with Gasteiger partial charge >= 0.3 is 0 Å². The van der Waals surface area contributed by atoms with Gasteiger partial charge in [-0.25, -0.2) is 22.5 Å². The molecule has 1 N–H and O–H groups in total. The van der Waals surface area contributed by atoms with Crippen molar-refractivity contribution in [2.24, 2.45) is 0 Å². The molecule has 29 heavy (non-hydrogen) atoms. The second-order valence-corrected chi connectivity index (χ2v) is 9.34. The van der Waals surface area contributed by atoms with Crippen LogP contribution in [0.5, 0.6) is 11.5 Å². The third-order valence-electron chi connectivity index (χ3n) is 4.45. The van der Waals surface area contributed by atoms with Crippen molar-refractivity contribution in [1.82, 2.24) is 9.71 Å². The first-order valence-corrected chi connectivity index (χ1v) is 11.3. The molecule has 1 aliphatic rings. The first-order chi connectivity index (χ1) is 13.9. The van der Waals surface area contributed by atoms with Crippen LogP contribution in [0.2, 0.25) is 0 Å². The summed E-state index contributed by atoms with van der Waals surface area (Å²) in [5.74, 6) is 0.681. The number of benzene rings is 2. The van der Waals surface area contributed by atoms with E-state index in [0.29, 0.717) is 31.1 Å². The minimum absolute atomic E-state index is 0.134. The summed E-state index contributed by atoms with van der Waals surface area (Å²) in [7, 11) is -3.67. The molecule has 0 aliphatic carbocycles. The van der Waals surface area contributed by atoms with Crippen molar-refractivity contribution in [2.45, 2.75) is 18.2 Å². The van der Waals surface area contributed by atoms with Crippen molar-refractivity contribution in [2.75, 3.05) is 19.8 Å². The topological polar surface area (TPSA) is 77.5 Å². The van der Waals surface area contributed by atoms with Gasteiger partial charge in [-0.1, -0.05) is 0 Å². The summed E-state index contributed by atoms with van der Waals surface area (Å²) in [6.07, 6.45) is 0.508. The minimum Gasteiger partial charge on any atom is -0.486 e. The van der Waals surface area contributed by atoms with Gasteiger partial charge in [0, 0.05) is 23.1 Å². The number of nitrogens with zero attached hydrogens (tertiary/aromatic N) is 1. The van der Waals surface area contributed by atoms with E-state index in [1.54, 1.807) is 18.2 Å². The van der Waals surface area contributed by atoms with Gasteiger partial charge in [-0.3, -0.25) is 0 Å². The van der Waals surface area contributed by atoms with Gasteiger partial charge in [-0.05, 0) is 49.7 Å². The summed E-state index contributed by atoms with van der Waals surface area (Å²) < 4.78 is 51.8. The Bertz CT molecular complexity index is 1130. The molecule has 0 fully saturated rings. The maximum absolute atomic E-state index is 13.1. The van der Waals surface area contributed by atoms with Crippen LogP contribution in [-0.2, 0) is 16.4 Å². The van der Waals surface area contributed by atoms with Gasteiger partial charge in [0.25, 0.3) is 0 Å². The van der Waals surface area contributed by atoms with Crippen LogP contribution >= 0.6 is 11.3 Å². The Morgan fingerprint density at radius 2 is 1.83 bits per heavy atom. The molecule has 0 bridgehead atoms. The van der Waals surface area contributed by atoms with Crippen molar-refractivity contribution in [3.63, 3.8) is 0 Å². The lowest BCUT2D eigenvalue weighted by molar-refractivity contribution is 0.171. The van der Waals surface area contributed by atoms with Crippen molar-refractivity contribution < 1.29 is 22.3 Å². The van der Waals surface area contributed by atoms with Crippen molar-refractivity contribution in [3.8, 4) is 22.1 Å². The van der Waals surface area contributed by atoms with Crippen LogP contribution in [0.3, 0.4) is 0 Å². The lowest BCUT2D eigenvalue weighted by Gasteiger charge is -2.18. The van der Waals surface area contributed by atoms with Crippen molar-refractivity contribution >= 4 is 21.4 Å². The van der Waals surface area contributed by atoms with Crippen LogP contribution < -0.4 is 14.2 Å². The second-order valence-electron chi connectivity index (χ2n) is 6.49. The molecule has 0 saturated carbocycles. The number of hydrogen-bond acceptors (Lipinski definition) is 6. The van der Waals surface area contributed by atoms with Crippen molar-refractivity contribution in [3.05, 3.63) is 58.9 Å². The van der Waals surface area contributed by atoms with Crippen LogP contribution in [0.1, 0.15) is 10.6 Å². The van der Waals surface area contributed by atoms with Gasteiger partial charge in [-0.2, -0.15) is 0 Å². The normalized spacial score (nSPS) is 13.4. The Labute approximate surface area is 172 Å². The largest absolute Gasteiger partial charge is 0.486 e. The third kappa shape index (κ3) is 4.42. The minimum atomic E-state index is -3.67. The van der Waals surface area contributed by atoms with Gasteiger partial charge in [0.15, 0.2) is 11.5 Å². The molecule has 2 heterocycles. The molecule has 0 saturated heterocycles. The molecule has 0 unspecified atom stereocenters. The number of hydrogen-bond donors (Lipinski definition) is 1. The average molecular weight is 435 g/mol. The van der Waals surface area contributed by atoms with E-state index in [9.17, 15) is 12.8 Å². The van der Waals surface area contributed by atoms with E-state index in [1.165, 1.54) is 35.6 Å². The molecule has 0 radical (unpaired) electrons. The summed E-state index contributed by atoms with van der Waals surface area (Å²) >= 11 is 1.48. The highest BCUT2D eigenvalue weighted by molar-refractivity contribution is 7.89. The molecule has 2 aromatic carbocycles. The summed E-state index contributed by atoms with van der Waals surface area (Å²) in [6.45, 7) is 2.97. The van der Waals surface area contributed by atoms with Gasteiger partial charge in [0.2, 0.25) is 10.0 Å². The Morgan fingerprint density at radius 3 is 2.59 bits per heavy atom. The molecule has 9 heteroatoms. The Kier molecular flexibility index (Phi) is 5.53. The Hall–Kier alpha value is -2.49. The zero-order valence-electron chi connectivity index (χ0n) is 15.6. The van der Waals surface area contributed by atoms with E-state index in [-0.39, 0.29) is 17.3 Å². The first kappa shape index (κ1) is 19.8. The van der Waals surface area contributed by atoms with E-state index in [0.717, 1.165) is 21.1 Å². The molecule has 0 amide bonds. The van der Waals surface area contributed by atoms with Crippen LogP contribution in [0, 0.1) is 12.7 Å². The zero-order chi connectivity index (χ0) is 20.4. The van der Waals surface area contributed by atoms with Gasteiger partial charge < -0.3 is 9.47 Å². The van der Waals surface area contributed by atoms with E-state index in [2.05, 4.69) is 9.71 Å². The summed E-state index contributed by atoms with van der Waals surface area (Å²) in [5, 5.41) is 0.784. The van der Waals surface area contributed by atoms with Crippen LogP contribution in [0.4, 0.5) is 4.39 Å². The molecule has 0 spiro atoms. The third-order valence-corrected chi connectivity index (χ3v) is 7.18. The molecule has 1 aliphatic heterocycles. The maximum Gasteiger partial charge on any atom is 0.240 e. The molecule has 0 atom stereocenters. The smallest absolute Gasteiger partial charge is 0.240 e. The molecule has 3 aromatic rings. The molecular weight excluding hydrogens is 415 g/mol. The van der Waals surface area contributed by atoms with Crippen LogP contribution in [0.25, 0.3) is 10.6 Å². The lowest BCUT2D eigenvalue weighted by Crippen LogP contribution is -2.26. The fourth-order valence-corrected chi connectivity index (χ4v) is 5.06. The summed E-state index contributed by atoms with van der Waals surface area (Å²) in [4.78, 5) is 5.64. The van der Waals surface area contributed by atoms with Crippen molar-refractivity contribution in [1.29, 1.82) is 0 Å². The lowest BCUT2D eigenvalue weighted by atomic mass is 10.2. The van der Waals surface area contributed by atoms with Gasteiger partial charge in [0.1, 0.15) is 24.0 Å². The van der Waals surface area contributed by atoms with Crippen LogP contribution in [-0.4, -0.2) is 33.2 Å². The number of nitrogens with one attached hydrogen (secondary N) is 1. The monoisotopic (exact) mass is 434 g/mol. The first-order valence-electron chi connectivity index (χ1n) is 9.04. The number of fused-ring (bicyclic) bond motifs is 1. The highest BCUT2D eigenvalue weighted by Crippen LogP contribution is 2.32. The predicted molar refractivity (Wildman–Crippen MR) is 109 cm³/mol. The quantitative estimate of drug-likeness (QED) is 0.642. The highest BCUT2D eigenvalue weighted by Gasteiger charge is 2.19. The fourth-order valence-electron chi connectivity index (χ4n) is 2.95. The molecule has 6 nitrogen and oxygen atoms in total. The number of ether oxygens (including phenoxy) is 2. The van der Waals surface area contributed by atoms with E-state index in [4.69, 9.17) is 9.47 Å². The molecular formula is C20H19FN2O4S2. The maximum atomic E-state index is 13.1. The van der Waals surface area contributed by atoms with Crippen LogP contribution in [0.15, 0.2) is 47.4 Å². The number of thiazole rings is 1. The number of aromatic nitrogens is 1. The van der Waals surface area contributed by atoms with E-state index < -0.39 is 10.0 Å². The fraction of sp³-hybridized carbons (Fsp3) is 0.250. The molecule has 152 valence electrons. The second kappa shape index (κ2) is 8.10. The highest BCUT2D eigenvalue weighted by atomic mass is 32.2. The standard InChI is InChI=1S/C20H19FN2O4S2/c1-13-19(28-20(23-13)14-2-4-15(21)5-3-14)8-9-22-29(24,25)16-6-7-17-18(12-16)27-11-10-26-17/h2-7,12,22H,8-11H2,1H3. The Morgan fingerprint density at radius 1 is 1.10 bits per heavy atom. The number of rotatable bonds is 6. The number of sulfonamides is 1. The van der Waals surface area contributed by atoms with E-state index >= 15 is 0 Å². The average Bonchev–Trinajstić information content (AvgIpc) is 3.08. The van der Waals surface area contributed by atoms with Gasteiger partial charge in [0.05, 0.1) is 10.6 Å².